The molecule has 0 aromatic heterocycles. The molecule has 0 aliphatic carbocycles. The van der Waals surface area contributed by atoms with E-state index >= 15 is 0 Å². The van der Waals surface area contributed by atoms with Gasteiger partial charge in [-0.25, -0.2) is 0 Å². The number of nitrogens with two attached hydrogens (primary N) is 1. The number of carbonyl (C=O) groups is 1. The molecular weight excluding hydrogens is 192 g/mol. The lowest BCUT2D eigenvalue weighted by Crippen LogP contribution is -2.05. The molecule has 0 saturated heterocycles. The van der Waals surface area contributed by atoms with Crippen LogP contribution in [0.3, 0.4) is 0 Å². The minimum absolute atomic E-state index is 0.195. The van der Waals surface area contributed by atoms with Crippen LogP contribution in [0.5, 0.6) is 0 Å². The van der Waals surface area contributed by atoms with Gasteiger partial charge in [-0.15, -0.1) is 0 Å². The fourth-order valence-electron chi connectivity index (χ4n) is 1.26. The summed E-state index contributed by atoms with van der Waals surface area (Å²) in [6, 6.07) is 5.69. The van der Waals surface area contributed by atoms with Gasteiger partial charge in [-0.05, 0) is 37.1 Å². The van der Waals surface area contributed by atoms with Gasteiger partial charge in [0.15, 0.2) is 0 Å². The standard InChI is InChI=1S/C11H16N2O2/c1-8-7-9(4-5-10(8)12)13-6-2-3-11(14)15/h4-5,7,13H,2-3,6,12H2,1H3,(H,14,15). The van der Waals surface area contributed by atoms with Crippen molar-refractivity contribution in [3.05, 3.63) is 23.8 Å². The van der Waals surface area contributed by atoms with E-state index in [2.05, 4.69) is 5.32 Å². The Morgan fingerprint density at radius 1 is 1.53 bits per heavy atom. The minimum Gasteiger partial charge on any atom is -0.481 e. The van der Waals surface area contributed by atoms with Gasteiger partial charge in [-0.2, -0.15) is 0 Å². The Bertz CT molecular complexity index is 350. The summed E-state index contributed by atoms with van der Waals surface area (Å²) in [5.74, 6) is -0.759. The summed E-state index contributed by atoms with van der Waals surface area (Å²) >= 11 is 0. The number of anilines is 2. The van der Waals surface area contributed by atoms with Gasteiger partial charge in [-0.1, -0.05) is 0 Å². The lowest BCUT2D eigenvalue weighted by atomic mass is 10.2. The van der Waals surface area contributed by atoms with Crippen molar-refractivity contribution in [1.29, 1.82) is 0 Å². The van der Waals surface area contributed by atoms with E-state index in [9.17, 15) is 4.79 Å². The summed E-state index contributed by atoms with van der Waals surface area (Å²) in [5, 5.41) is 11.6. The van der Waals surface area contributed by atoms with E-state index in [1.54, 1.807) is 0 Å². The predicted molar refractivity (Wildman–Crippen MR) is 61.0 cm³/mol. The zero-order valence-corrected chi connectivity index (χ0v) is 8.79. The average Bonchev–Trinajstić information content (AvgIpc) is 2.18. The van der Waals surface area contributed by atoms with Crippen LogP contribution in [0, 0.1) is 6.92 Å². The first-order chi connectivity index (χ1) is 7.09. The summed E-state index contributed by atoms with van der Waals surface area (Å²) in [6.45, 7) is 2.60. The topological polar surface area (TPSA) is 75.3 Å². The number of hydrogen-bond acceptors (Lipinski definition) is 3. The van der Waals surface area contributed by atoms with Crippen LogP contribution >= 0.6 is 0 Å². The molecule has 1 aromatic carbocycles. The second-order valence-corrected chi connectivity index (χ2v) is 3.50. The Morgan fingerprint density at radius 3 is 2.87 bits per heavy atom. The third kappa shape index (κ3) is 3.89. The maximum atomic E-state index is 10.3. The second kappa shape index (κ2) is 5.24. The summed E-state index contributed by atoms with van der Waals surface area (Å²) < 4.78 is 0. The Hall–Kier alpha value is -1.71. The Morgan fingerprint density at radius 2 is 2.27 bits per heavy atom. The third-order valence-electron chi connectivity index (χ3n) is 2.17. The molecule has 82 valence electrons. The highest BCUT2D eigenvalue weighted by Crippen LogP contribution is 2.16. The normalized spacial score (nSPS) is 9.93. The first kappa shape index (κ1) is 11.4. The molecular formula is C11H16N2O2. The van der Waals surface area contributed by atoms with Gasteiger partial charge < -0.3 is 16.2 Å². The van der Waals surface area contributed by atoms with Gasteiger partial charge in [0.1, 0.15) is 0 Å². The molecule has 0 spiro atoms. The van der Waals surface area contributed by atoms with Crippen molar-refractivity contribution in [1.82, 2.24) is 0 Å². The van der Waals surface area contributed by atoms with Crippen LogP contribution in [0.2, 0.25) is 0 Å². The molecule has 0 aliphatic heterocycles. The third-order valence-corrected chi connectivity index (χ3v) is 2.17. The Kier molecular flexibility index (Phi) is 3.97. The number of carboxylic acids is 1. The molecule has 4 N–H and O–H groups in total. The fraction of sp³-hybridized carbons (Fsp3) is 0.364. The number of nitrogens with one attached hydrogen (secondary N) is 1. The summed E-state index contributed by atoms with van der Waals surface area (Å²) in [4.78, 5) is 10.3. The molecule has 0 bridgehead atoms. The fourth-order valence-corrected chi connectivity index (χ4v) is 1.26. The molecule has 0 aliphatic rings. The number of aryl methyl sites for hydroxylation is 1. The van der Waals surface area contributed by atoms with Gasteiger partial charge in [0.25, 0.3) is 0 Å². The Labute approximate surface area is 89.1 Å². The maximum absolute atomic E-state index is 10.3. The molecule has 0 amide bonds. The monoisotopic (exact) mass is 208 g/mol. The number of aliphatic carboxylic acids is 1. The van der Waals surface area contributed by atoms with Crippen molar-refractivity contribution >= 4 is 17.3 Å². The molecule has 4 nitrogen and oxygen atoms in total. The molecule has 1 rings (SSSR count). The highest BCUT2D eigenvalue weighted by Gasteiger charge is 1.98. The van der Waals surface area contributed by atoms with Crippen LogP contribution in [-0.4, -0.2) is 17.6 Å². The molecule has 0 unspecified atom stereocenters. The van der Waals surface area contributed by atoms with Gasteiger partial charge in [0.2, 0.25) is 0 Å². The van der Waals surface area contributed by atoms with E-state index in [1.807, 2.05) is 25.1 Å². The van der Waals surface area contributed by atoms with Crippen LogP contribution in [0.1, 0.15) is 18.4 Å². The van der Waals surface area contributed by atoms with Gasteiger partial charge in [-0.3, -0.25) is 4.79 Å². The largest absolute Gasteiger partial charge is 0.481 e. The molecule has 4 heteroatoms. The van der Waals surface area contributed by atoms with Crippen LogP contribution in [0.15, 0.2) is 18.2 Å². The zero-order chi connectivity index (χ0) is 11.3. The van der Waals surface area contributed by atoms with E-state index in [4.69, 9.17) is 10.8 Å². The average molecular weight is 208 g/mol. The highest BCUT2D eigenvalue weighted by molar-refractivity contribution is 5.66. The number of benzene rings is 1. The maximum Gasteiger partial charge on any atom is 0.303 e. The van der Waals surface area contributed by atoms with Crippen LogP contribution in [0.25, 0.3) is 0 Å². The van der Waals surface area contributed by atoms with Crippen molar-refractivity contribution < 1.29 is 9.90 Å². The lowest BCUT2D eigenvalue weighted by Gasteiger charge is -2.07. The van der Waals surface area contributed by atoms with E-state index in [1.165, 1.54) is 0 Å². The quantitative estimate of drug-likeness (QED) is 0.510. The SMILES string of the molecule is Cc1cc(NCCCC(=O)O)ccc1N. The first-order valence-corrected chi connectivity index (χ1v) is 4.91. The number of hydrogen-bond donors (Lipinski definition) is 3. The number of rotatable bonds is 5. The van der Waals surface area contributed by atoms with Gasteiger partial charge in [0, 0.05) is 24.3 Å². The Balaban J connectivity index is 2.38. The van der Waals surface area contributed by atoms with Crippen LogP contribution in [-0.2, 0) is 4.79 Å². The van der Waals surface area contributed by atoms with Crippen molar-refractivity contribution in [3.8, 4) is 0 Å². The van der Waals surface area contributed by atoms with E-state index in [-0.39, 0.29) is 6.42 Å². The van der Waals surface area contributed by atoms with Crippen molar-refractivity contribution in [2.75, 3.05) is 17.6 Å². The second-order valence-electron chi connectivity index (χ2n) is 3.50. The van der Waals surface area contributed by atoms with Gasteiger partial charge >= 0.3 is 5.97 Å². The number of carboxylic acid groups (broad SMARTS) is 1. The van der Waals surface area contributed by atoms with Crippen molar-refractivity contribution in [3.63, 3.8) is 0 Å². The lowest BCUT2D eigenvalue weighted by molar-refractivity contribution is -0.137. The van der Waals surface area contributed by atoms with Crippen molar-refractivity contribution in [2.45, 2.75) is 19.8 Å². The smallest absolute Gasteiger partial charge is 0.303 e. The summed E-state index contributed by atoms with van der Waals surface area (Å²) in [5.41, 5.74) is 8.45. The summed E-state index contributed by atoms with van der Waals surface area (Å²) in [7, 11) is 0. The summed E-state index contributed by atoms with van der Waals surface area (Å²) in [6.07, 6.45) is 0.819. The van der Waals surface area contributed by atoms with Crippen LogP contribution < -0.4 is 11.1 Å². The minimum atomic E-state index is -0.759. The van der Waals surface area contributed by atoms with E-state index in [0.717, 1.165) is 16.9 Å². The van der Waals surface area contributed by atoms with Crippen LogP contribution in [0.4, 0.5) is 11.4 Å². The molecule has 0 heterocycles. The molecule has 0 saturated carbocycles. The van der Waals surface area contributed by atoms with Crippen molar-refractivity contribution in [2.24, 2.45) is 0 Å². The van der Waals surface area contributed by atoms with Gasteiger partial charge in [0.05, 0.1) is 0 Å². The number of nitrogen functional groups attached to an aromatic ring is 1. The van der Waals surface area contributed by atoms with E-state index < -0.39 is 5.97 Å². The molecule has 0 atom stereocenters. The zero-order valence-electron chi connectivity index (χ0n) is 8.79. The highest BCUT2D eigenvalue weighted by atomic mass is 16.4. The molecule has 1 aromatic rings. The molecule has 0 radical (unpaired) electrons. The van der Waals surface area contributed by atoms with E-state index in [0.29, 0.717) is 13.0 Å². The first-order valence-electron chi connectivity index (χ1n) is 4.91. The molecule has 15 heavy (non-hydrogen) atoms. The predicted octanol–water partition coefficient (Wildman–Crippen LogP) is 1.85. The molecule has 0 fully saturated rings.